The van der Waals surface area contributed by atoms with Crippen LogP contribution in [-0.2, 0) is 10.0 Å². The number of fused-ring (bicyclic) bond motifs is 1. The summed E-state index contributed by atoms with van der Waals surface area (Å²) in [5.74, 6) is 0. The average Bonchev–Trinajstić information content (AvgIpc) is 2.49. The predicted octanol–water partition coefficient (Wildman–Crippen LogP) is 3.88. The molecule has 0 bridgehead atoms. The molecule has 0 saturated heterocycles. The van der Waals surface area contributed by atoms with Gasteiger partial charge in [0.05, 0.1) is 4.90 Å². The second-order valence-corrected chi connectivity index (χ2v) is 7.00. The number of nitrogens with one attached hydrogen (secondary N) is 1. The maximum absolute atomic E-state index is 12.4. The van der Waals surface area contributed by atoms with Gasteiger partial charge in [-0.3, -0.25) is 4.72 Å². The summed E-state index contributed by atoms with van der Waals surface area (Å²) in [6.45, 7) is 0. The fourth-order valence-electron chi connectivity index (χ4n) is 2.14. The van der Waals surface area contributed by atoms with Gasteiger partial charge in [-0.05, 0) is 59.3 Å². The highest BCUT2D eigenvalue weighted by atomic mass is 35.5. The zero-order chi connectivity index (χ0) is 15.7. The molecule has 0 unspecified atom stereocenters. The van der Waals surface area contributed by atoms with E-state index in [0.29, 0.717) is 16.4 Å². The van der Waals surface area contributed by atoms with Crippen molar-refractivity contribution in [2.24, 2.45) is 0 Å². The van der Waals surface area contributed by atoms with Crippen LogP contribution in [0.2, 0.25) is 5.02 Å². The lowest BCUT2D eigenvalue weighted by atomic mass is 10.1. The van der Waals surface area contributed by atoms with Crippen molar-refractivity contribution < 1.29 is 8.42 Å². The van der Waals surface area contributed by atoms with Gasteiger partial charge in [0.25, 0.3) is 10.0 Å². The molecule has 0 radical (unpaired) electrons. The Labute approximate surface area is 133 Å². The summed E-state index contributed by atoms with van der Waals surface area (Å²) < 4.78 is 27.4. The Hall–Kier alpha value is -2.24. The van der Waals surface area contributed by atoms with Crippen LogP contribution in [0.15, 0.2) is 65.6 Å². The van der Waals surface area contributed by atoms with Crippen LogP contribution in [0, 0.1) is 0 Å². The molecule has 112 valence electrons. The molecule has 0 aliphatic carbocycles. The predicted molar refractivity (Wildman–Crippen MR) is 90.6 cm³/mol. The van der Waals surface area contributed by atoms with E-state index in [-0.39, 0.29) is 4.90 Å². The highest BCUT2D eigenvalue weighted by Crippen LogP contribution is 2.23. The lowest BCUT2D eigenvalue weighted by Gasteiger charge is -2.09. The first-order valence-corrected chi connectivity index (χ1v) is 8.38. The van der Waals surface area contributed by atoms with Gasteiger partial charge in [0.2, 0.25) is 0 Å². The fraction of sp³-hybridized carbons (Fsp3) is 0. The summed E-state index contributed by atoms with van der Waals surface area (Å²) in [6.07, 6.45) is 0. The van der Waals surface area contributed by atoms with Crippen molar-refractivity contribution >= 4 is 43.8 Å². The normalized spacial score (nSPS) is 11.5. The first kappa shape index (κ1) is 14.7. The van der Waals surface area contributed by atoms with E-state index in [4.69, 9.17) is 17.3 Å². The molecule has 6 heteroatoms. The summed E-state index contributed by atoms with van der Waals surface area (Å²) in [4.78, 5) is 0.194. The number of sulfonamides is 1. The number of nitrogen functional groups attached to an aromatic ring is 1. The van der Waals surface area contributed by atoms with Crippen molar-refractivity contribution in [3.63, 3.8) is 0 Å². The maximum Gasteiger partial charge on any atom is 0.261 e. The van der Waals surface area contributed by atoms with Crippen LogP contribution in [0.3, 0.4) is 0 Å². The van der Waals surface area contributed by atoms with Gasteiger partial charge in [-0.25, -0.2) is 8.42 Å². The molecule has 0 aliphatic heterocycles. The number of hydrogen-bond acceptors (Lipinski definition) is 3. The third kappa shape index (κ3) is 3.00. The zero-order valence-corrected chi connectivity index (χ0v) is 13.0. The Bertz CT molecular complexity index is 938. The maximum atomic E-state index is 12.4. The molecule has 3 rings (SSSR count). The van der Waals surface area contributed by atoms with Crippen LogP contribution in [0.1, 0.15) is 0 Å². The second kappa shape index (κ2) is 5.51. The number of hydrogen-bond donors (Lipinski definition) is 2. The molecule has 0 spiro atoms. The topological polar surface area (TPSA) is 72.2 Å². The van der Waals surface area contributed by atoms with Crippen LogP contribution in [0.5, 0.6) is 0 Å². The summed E-state index contributed by atoms with van der Waals surface area (Å²) in [5.41, 5.74) is 6.82. The van der Waals surface area contributed by atoms with Crippen molar-refractivity contribution in [1.82, 2.24) is 0 Å². The molecule has 0 heterocycles. The Kier molecular flexibility index (Phi) is 3.68. The van der Waals surface area contributed by atoms with Crippen LogP contribution < -0.4 is 10.5 Å². The standard InChI is InChI=1S/C16H13ClN2O2S/c17-13-3-6-15(7-4-13)19-22(20,21)16-8-2-11-9-14(18)5-1-12(11)10-16/h1-10,19H,18H2. The van der Waals surface area contributed by atoms with Crippen molar-refractivity contribution in [3.05, 3.63) is 65.7 Å². The van der Waals surface area contributed by atoms with E-state index in [0.717, 1.165) is 10.8 Å². The van der Waals surface area contributed by atoms with Gasteiger partial charge in [-0.15, -0.1) is 0 Å². The van der Waals surface area contributed by atoms with Gasteiger partial charge in [0, 0.05) is 16.4 Å². The first-order chi connectivity index (χ1) is 10.4. The molecular formula is C16H13ClN2O2S. The second-order valence-electron chi connectivity index (χ2n) is 4.88. The molecule has 0 aromatic heterocycles. The summed E-state index contributed by atoms with van der Waals surface area (Å²) in [7, 11) is -3.65. The van der Waals surface area contributed by atoms with Crippen molar-refractivity contribution in [2.45, 2.75) is 4.90 Å². The van der Waals surface area contributed by atoms with Gasteiger partial charge >= 0.3 is 0 Å². The van der Waals surface area contributed by atoms with E-state index in [1.165, 1.54) is 0 Å². The zero-order valence-electron chi connectivity index (χ0n) is 11.5. The Morgan fingerprint density at radius 2 is 1.50 bits per heavy atom. The fourth-order valence-corrected chi connectivity index (χ4v) is 3.36. The Balaban J connectivity index is 1.97. The van der Waals surface area contributed by atoms with E-state index in [2.05, 4.69) is 4.72 Å². The minimum absolute atomic E-state index is 0.194. The van der Waals surface area contributed by atoms with E-state index in [1.807, 2.05) is 0 Å². The molecule has 0 amide bonds. The van der Waals surface area contributed by atoms with Gasteiger partial charge in [-0.1, -0.05) is 23.7 Å². The van der Waals surface area contributed by atoms with Gasteiger partial charge < -0.3 is 5.73 Å². The van der Waals surface area contributed by atoms with Crippen LogP contribution in [0.25, 0.3) is 10.8 Å². The quantitative estimate of drug-likeness (QED) is 0.715. The molecule has 0 aliphatic rings. The Morgan fingerprint density at radius 1 is 0.864 bits per heavy atom. The number of anilines is 2. The highest BCUT2D eigenvalue weighted by molar-refractivity contribution is 7.92. The van der Waals surface area contributed by atoms with E-state index >= 15 is 0 Å². The lowest BCUT2D eigenvalue weighted by molar-refractivity contribution is 0.601. The average molecular weight is 333 g/mol. The molecule has 22 heavy (non-hydrogen) atoms. The van der Waals surface area contributed by atoms with E-state index in [9.17, 15) is 8.42 Å². The number of rotatable bonds is 3. The molecule has 4 nitrogen and oxygen atoms in total. The summed E-state index contributed by atoms with van der Waals surface area (Å²) in [5, 5.41) is 2.25. The van der Waals surface area contributed by atoms with Crippen LogP contribution >= 0.6 is 11.6 Å². The monoisotopic (exact) mass is 332 g/mol. The third-order valence-corrected chi connectivity index (χ3v) is 4.87. The van der Waals surface area contributed by atoms with Crippen LogP contribution in [-0.4, -0.2) is 8.42 Å². The largest absolute Gasteiger partial charge is 0.399 e. The SMILES string of the molecule is Nc1ccc2cc(S(=O)(=O)Nc3ccc(Cl)cc3)ccc2c1. The first-order valence-electron chi connectivity index (χ1n) is 6.52. The van der Waals surface area contributed by atoms with Gasteiger partial charge in [0.15, 0.2) is 0 Å². The molecule has 3 aromatic carbocycles. The third-order valence-electron chi connectivity index (χ3n) is 3.24. The molecule has 3 N–H and O–H groups in total. The minimum Gasteiger partial charge on any atom is -0.399 e. The Morgan fingerprint density at radius 3 is 2.23 bits per heavy atom. The molecule has 0 fully saturated rings. The minimum atomic E-state index is -3.65. The molecule has 0 atom stereocenters. The number of nitrogens with two attached hydrogens (primary N) is 1. The molecule has 3 aromatic rings. The van der Waals surface area contributed by atoms with Crippen molar-refractivity contribution in [2.75, 3.05) is 10.5 Å². The molecular weight excluding hydrogens is 320 g/mol. The van der Waals surface area contributed by atoms with E-state index in [1.54, 1.807) is 60.7 Å². The number of benzene rings is 3. The summed E-state index contributed by atoms with van der Waals surface area (Å²) >= 11 is 5.79. The number of halogens is 1. The smallest absolute Gasteiger partial charge is 0.261 e. The van der Waals surface area contributed by atoms with Gasteiger partial charge in [-0.2, -0.15) is 0 Å². The van der Waals surface area contributed by atoms with Crippen molar-refractivity contribution in [1.29, 1.82) is 0 Å². The van der Waals surface area contributed by atoms with Gasteiger partial charge in [0.1, 0.15) is 0 Å². The summed E-state index contributed by atoms with van der Waals surface area (Å²) in [6, 6.07) is 16.7. The lowest BCUT2D eigenvalue weighted by Crippen LogP contribution is -2.12. The molecule has 0 saturated carbocycles. The van der Waals surface area contributed by atoms with E-state index < -0.39 is 10.0 Å². The van der Waals surface area contributed by atoms with Crippen molar-refractivity contribution in [3.8, 4) is 0 Å². The highest BCUT2D eigenvalue weighted by Gasteiger charge is 2.14. The van der Waals surface area contributed by atoms with Crippen LogP contribution in [0.4, 0.5) is 11.4 Å².